The molecule has 2 aromatic rings. The van der Waals surface area contributed by atoms with Gasteiger partial charge >= 0.3 is 0 Å². The summed E-state index contributed by atoms with van der Waals surface area (Å²) < 4.78 is 26.8. The fourth-order valence-electron chi connectivity index (χ4n) is 2.49. The van der Waals surface area contributed by atoms with Gasteiger partial charge in [-0.1, -0.05) is 17.7 Å². The molecule has 0 unspecified atom stereocenters. The zero-order chi connectivity index (χ0) is 22.3. The van der Waals surface area contributed by atoms with Crippen LogP contribution in [0.4, 0.5) is 11.4 Å². The molecule has 0 aliphatic carbocycles. The van der Waals surface area contributed by atoms with Gasteiger partial charge < -0.3 is 16.0 Å². The minimum Gasteiger partial charge on any atom is -0.351 e. The van der Waals surface area contributed by atoms with Crippen molar-refractivity contribution in [3.8, 4) is 0 Å². The van der Waals surface area contributed by atoms with Crippen molar-refractivity contribution in [3.05, 3.63) is 53.1 Å². The van der Waals surface area contributed by atoms with Crippen molar-refractivity contribution >= 4 is 50.7 Å². The Balaban J connectivity index is 2.01. The molecule has 0 radical (unpaired) electrons. The van der Waals surface area contributed by atoms with Gasteiger partial charge in [-0.05, 0) is 36.4 Å². The number of nitrogens with one attached hydrogen (secondary N) is 4. The van der Waals surface area contributed by atoms with Crippen LogP contribution in [0.1, 0.15) is 24.2 Å². The van der Waals surface area contributed by atoms with Crippen molar-refractivity contribution in [2.24, 2.45) is 0 Å². The van der Waals surface area contributed by atoms with Gasteiger partial charge in [0.25, 0.3) is 5.91 Å². The maximum absolute atomic E-state index is 12.4. The maximum atomic E-state index is 12.4. The minimum absolute atomic E-state index is 0.0124. The van der Waals surface area contributed by atoms with Gasteiger partial charge in [0.05, 0.1) is 4.90 Å². The van der Waals surface area contributed by atoms with Crippen LogP contribution >= 0.6 is 11.6 Å². The molecule has 0 heterocycles. The molecule has 0 saturated heterocycles. The third-order valence-electron chi connectivity index (χ3n) is 3.64. The second-order valence-corrected chi connectivity index (χ2v) is 8.48. The molecule has 4 N–H and O–H groups in total. The zero-order valence-corrected chi connectivity index (χ0v) is 17.9. The lowest BCUT2D eigenvalue weighted by Gasteiger charge is -2.12. The van der Waals surface area contributed by atoms with Crippen LogP contribution in [-0.2, 0) is 19.6 Å². The monoisotopic (exact) mass is 452 g/mol. The van der Waals surface area contributed by atoms with E-state index in [1.807, 2.05) is 0 Å². The Morgan fingerprint density at radius 3 is 2.03 bits per heavy atom. The zero-order valence-electron chi connectivity index (χ0n) is 16.3. The van der Waals surface area contributed by atoms with E-state index in [2.05, 4.69) is 20.7 Å². The third kappa shape index (κ3) is 7.14. The molecule has 0 fully saturated rings. The van der Waals surface area contributed by atoms with Crippen molar-refractivity contribution < 1.29 is 22.8 Å². The van der Waals surface area contributed by atoms with Gasteiger partial charge in [-0.3, -0.25) is 14.4 Å². The number of rotatable bonds is 8. The first-order chi connectivity index (χ1) is 14.1. The lowest BCUT2D eigenvalue weighted by atomic mass is 10.1. The second kappa shape index (κ2) is 10.2. The van der Waals surface area contributed by atoms with E-state index in [-0.39, 0.29) is 35.4 Å². The van der Waals surface area contributed by atoms with Crippen LogP contribution in [0.15, 0.2) is 47.4 Å². The number of halogens is 1. The molecule has 0 aliphatic rings. The molecule has 0 bridgehead atoms. The molecule has 0 saturated carbocycles. The van der Waals surface area contributed by atoms with Gasteiger partial charge in [0.15, 0.2) is 0 Å². The van der Waals surface area contributed by atoms with Crippen LogP contribution < -0.4 is 20.7 Å². The molecule has 3 amide bonds. The first-order valence-corrected chi connectivity index (χ1v) is 10.7. The average molecular weight is 453 g/mol. The van der Waals surface area contributed by atoms with E-state index in [1.54, 1.807) is 6.07 Å². The number of carbonyl (C=O) groups excluding carboxylic acids is 3. The van der Waals surface area contributed by atoms with E-state index < -0.39 is 15.9 Å². The SMILES string of the molecule is CC(=O)Nc1cc(NC(C)=O)cc(C(=O)NCCNS(=O)(=O)c2cccc(Cl)c2)c1. The quantitative estimate of drug-likeness (QED) is 0.454. The fourth-order valence-corrected chi connectivity index (χ4v) is 3.82. The van der Waals surface area contributed by atoms with Crippen LogP contribution in [0.5, 0.6) is 0 Å². The predicted molar refractivity (Wildman–Crippen MR) is 114 cm³/mol. The van der Waals surface area contributed by atoms with E-state index in [1.165, 1.54) is 50.2 Å². The van der Waals surface area contributed by atoms with Crippen LogP contribution in [0.25, 0.3) is 0 Å². The van der Waals surface area contributed by atoms with Crippen molar-refractivity contribution in [1.29, 1.82) is 0 Å². The van der Waals surface area contributed by atoms with Crippen molar-refractivity contribution in [1.82, 2.24) is 10.0 Å². The molecule has 30 heavy (non-hydrogen) atoms. The largest absolute Gasteiger partial charge is 0.351 e. The Hall–Kier alpha value is -2.95. The van der Waals surface area contributed by atoms with Gasteiger partial charge in [0.1, 0.15) is 0 Å². The number of hydrogen-bond acceptors (Lipinski definition) is 5. The highest BCUT2D eigenvalue weighted by Crippen LogP contribution is 2.19. The van der Waals surface area contributed by atoms with E-state index in [0.717, 1.165) is 0 Å². The summed E-state index contributed by atoms with van der Waals surface area (Å²) >= 11 is 5.81. The highest BCUT2D eigenvalue weighted by molar-refractivity contribution is 7.89. The molecule has 2 aromatic carbocycles. The van der Waals surface area contributed by atoms with Gasteiger partial charge in [-0.2, -0.15) is 0 Å². The molecule has 9 nitrogen and oxygen atoms in total. The Kier molecular flexibility index (Phi) is 7.93. The van der Waals surface area contributed by atoms with Gasteiger partial charge in [0.2, 0.25) is 21.8 Å². The van der Waals surface area contributed by atoms with Crippen molar-refractivity contribution in [2.45, 2.75) is 18.7 Å². The first-order valence-electron chi connectivity index (χ1n) is 8.80. The summed E-state index contributed by atoms with van der Waals surface area (Å²) in [5.41, 5.74) is 0.851. The topological polar surface area (TPSA) is 133 Å². The van der Waals surface area contributed by atoms with E-state index >= 15 is 0 Å². The van der Waals surface area contributed by atoms with E-state index in [9.17, 15) is 22.8 Å². The Labute approximate surface area is 179 Å². The molecular formula is C19H21ClN4O5S. The summed E-state index contributed by atoms with van der Waals surface area (Å²) in [6.45, 7) is 2.59. The first kappa shape index (κ1) is 23.3. The second-order valence-electron chi connectivity index (χ2n) is 6.27. The molecular weight excluding hydrogens is 432 g/mol. The van der Waals surface area contributed by atoms with Crippen LogP contribution in [0.3, 0.4) is 0 Å². The summed E-state index contributed by atoms with van der Waals surface area (Å²) in [6.07, 6.45) is 0. The lowest BCUT2D eigenvalue weighted by molar-refractivity contribution is -0.115. The summed E-state index contributed by atoms with van der Waals surface area (Å²) in [4.78, 5) is 35.0. The van der Waals surface area contributed by atoms with Crippen LogP contribution in [0.2, 0.25) is 5.02 Å². The summed E-state index contributed by atoms with van der Waals surface area (Å²) in [7, 11) is -3.77. The number of hydrogen-bond donors (Lipinski definition) is 4. The summed E-state index contributed by atoms with van der Waals surface area (Å²) in [5, 5.41) is 7.97. The Morgan fingerprint density at radius 1 is 0.900 bits per heavy atom. The van der Waals surface area contributed by atoms with Gasteiger partial charge in [-0.15, -0.1) is 0 Å². The third-order valence-corrected chi connectivity index (χ3v) is 5.34. The van der Waals surface area contributed by atoms with Crippen molar-refractivity contribution in [3.63, 3.8) is 0 Å². The predicted octanol–water partition coefficient (Wildman–Crippen LogP) is 1.97. The number of sulfonamides is 1. The number of anilines is 2. The highest BCUT2D eigenvalue weighted by atomic mass is 35.5. The van der Waals surface area contributed by atoms with E-state index in [4.69, 9.17) is 11.6 Å². The molecule has 0 atom stereocenters. The summed E-state index contributed by atoms with van der Waals surface area (Å²) in [6, 6.07) is 10.2. The molecule has 11 heteroatoms. The fraction of sp³-hybridized carbons (Fsp3) is 0.211. The minimum atomic E-state index is -3.77. The summed E-state index contributed by atoms with van der Waals surface area (Å²) in [5.74, 6) is -1.18. The molecule has 0 aromatic heterocycles. The molecule has 0 spiro atoms. The highest BCUT2D eigenvalue weighted by Gasteiger charge is 2.14. The van der Waals surface area contributed by atoms with Crippen LogP contribution in [0, 0.1) is 0 Å². The number of carbonyl (C=O) groups is 3. The molecule has 160 valence electrons. The van der Waals surface area contributed by atoms with Gasteiger partial charge in [0, 0.05) is 48.9 Å². The Morgan fingerprint density at radius 2 is 1.50 bits per heavy atom. The maximum Gasteiger partial charge on any atom is 0.251 e. The van der Waals surface area contributed by atoms with Crippen molar-refractivity contribution in [2.75, 3.05) is 23.7 Å². The number of amides is 3. The standard InChI is InChI=1S/C19H21ClN4O5S/c1-12(25)23-16-8-14(9-17(11-16)24-13(2)26)19(27)21-6-7-22-30(28,29)18-5-3-4-15(20)10-18/h3-5,8-11,22H,6-7H2,1-2H3,(H,21,27)(H,23,25)(H,24,26). The Bertz CT molecular complexity index is 1040. The normalized spacial score (nSPS) is 10.9. The van der Waals surface area contributed by atoms with Gasteiger partial charge in [-0.25, -0.2) is 13.1 Å². The van der Waals surface area contributed by atoms with E-state index in [0.29, 0.717) is 16.4 Å². The average Bonchev–Trinajstić information content (AvgIpc) is 2.63. The molecule has 2 rings (SSSR count). The lowest BCUT2D eigenvalue weighted by Crippen LogP contribution is -2.34. The smallest absolute Gasteiger partial charge is 0.251 e. The molecule has 0 aliphatic heterocycles. The van der Waals surface area contributed by atoms with Crippen LogP contribution in [-0.4, -0.2) is 39.2 Å². The number of benzene rings is 2.